The van der Waals surface area contributed by atoms with Crippen molar-refractivity contribution in [2.24, 2.45) is 0 Å². The zero-order chi connectivity index (χ0) is 14.4. The molecule has 0 aliphatic carbocycles. The Kier molecular flexibility index (Phi) is 5.38. The summed E-state index contributed by atoms with van der Waals surface area (Å²) in [6.07, 6.45) is 2.20. The van der Waals surface area contributed by atoms with E-state index >= 15 is 0 Å². The molecule has 0 spiro atoms. The summed E-state index contributed by atoms with van der Waals surface area (Å²) < 4.78 is 10.9. The van der Waals surface area contributed by atoms with Gasteiger partial charge in [0.1, 0.15) is 5.75 Å². The zero-order valence-electron chi connectivity index (χ0n) is 11.7. The number of benzene rings is 1. The van der Waals surface area contributed by atoms with Gasteiger partial charge in [-0.3, -0.25) is 9.69 Å². The summed E-state index contributed by atoms with van der Waals surface area (Å²) in [5, 5.41) is 9.05. The van der Waals surface area contributed by atoms with Gasteiger partial charge < -0.3 is 14.6 Å². The highest BCUT2D eigenvalue weighted by Gasteiger charge is 2.21. The van der Waals surface area contributed by atoms with Gasteiger partial charge >= 0.3 is 5.97 Å². The molecule has 0 aromatic heterocycles. The molecule has 1 atom stereocenters. The molecule has 0 unspecified atom stereocenters. The minimum Gasteiger partial charge on any atom is -0.496 e. The van der Waals surface area contributed by atoms with Gasteiger partial charge in [0.05, 0.1) is 19.8 Å². The quantitative estimate of drug-likeness (QED) is 0.824. The van der Waals surface area contributed by atoms with E-state index in [0.29, 0.717) is 13.1 Å². The molecule has 1 aliphatic rings. The number of hydrogen-bond acceptors (Lipinski definition) is 4. The second-order valence-electron chi connectivity index (χ2n) is 5.01. The SMILES string of the molecule is COc1ccccc1CN(CC(=O)O)C[C@H]1CCCO1. The lowest BCUT2D eigenvalue weighted by molar-refractivity contribution is -0.138. The first-order valence-corrected chi connectivity index (χ1v) is 6.86. The highest BCUT2D eigenvalue weighted by molar-refractivity contribution is 5.69. The average molecular weight is 279 g/mol. The van der Waals surface area contributed by atoms with Crippen LogP contribution in [0, 0.1) is 0 Å². The van der Waals surface area contributed by atoms with Crippen molar-refractivity contribution in [1.82, 2.24) is 4.90 Å². The number of ether oxygens (including phenoxy) is 2. The van der Waals surface area contributed by atoms with Crippen LogP contribution in [-0.4, -0.2) is 48.9 Å². The van der Waals surface area contributed by atoms with E-state index in [-0.39, 0.29) is 12.6 Å². The molecule has 20 heavy (non-hydrogen) atoms. The van der Waals surface area contributed by atoms with E-state index in [1.54, 1.807) is 7.11 Å². The molecule has 1 aromatic carbocycles. The van der Waals surface area contributed by atoms with E-state index in [1.165, 1.54) is 0 Å². The maximum absolute atomic E-state index is 11.0. The summed E-state index contributed by atoms with van der Waals surface area (Å²) in [7, 11) is 1.63. The molecule has 1 aromatic rings. The molecule has 0 saturated carbocycles. The van der Waals surface area contributed by atoms with Gasteiger partial charge in [-0.15, -0.1) is 0 Å². The third-order valence-corrected chi connectivity index (χ3v) is 3.43. The molecule has 110 valence electrons. The Morgan fingerprint density at radius 2 is 2.30 bits per heavy atom. The van der Waals surface area contributed by atoms with Crippen molar-refractivity contribution in [2.75, 3.05) is 26.8 Å². The van der Waals surface area contributed by atoms with Crippen molar-refractivity contribution in [1.29, 1.82) is 0 Å². The summed E-state index contributed by atoms with van der Waals surface area (Å²) >= 11 is 0. The van der Waals surface area contributed by atoms with Crippen LogP contribution in [0.15, 0.2) is 24.3 Å². The number of carbonyl (C=O) groups is 1. The summed E-state index contributed by atoms with van der Waals surface area (Å²) in [4.78, 5) is 12.9. The van der Waals surface area contributed by atoms with Crippen molar-refractivity contribution in [3.05, 3.63) is 29.8 Å². The number of para-hydroxylation sites is 1. The Bertz CT molecular complexity index is 443. The van der Waals surface area contributed by atoms with Gasteiger partial charge in [-0.05, 0) is 18.9 Å². The third-order valence-electron chi connectivity index (χ3n) is 3.43. The van der Waals surface area contributed by atoms with Crippen LogP contribution >= 0.6 is 0 Å². The first-order valence-electron chi connectivity index (χ1n) is 6.86. The van der Waals surface area contributed by atoms with Gasteiger partial charge in [-0.2, -0.15) is 0 Å². The molecule has 1 N–H and O–H groups in total. The number of rotatable bonds is 7. The van der Waals surface area contributed by atoms with Gasteiger partial charge in [0, 0.05) is 25.3 Å². The summed E-state index contributed by atoms with van der Waals surface area (Å²) in [5.74, 6) is -0.0341. The van der Waals surface area contributed by atoms with Crippen LogP contribution < -0.4 is 4.74 Å². The number of methoxy groups -OCH3 is 1. The molecule has 5 heteroatoms. The van der Waals surface area contributed by atoms with Crippen LogP contribution in [0.2, 0.25) is 0 Å². The van der Waals surface area contributed by atoms with Gasteiger partial charge in [0.15, 0.2) is 0 Å². The topological polar surface area (TPSA) is 59.0 Å². The van der Waals surface area contributed by atoms with E-state index in [9.17, 15) is 4.79 Å². The second-order valence-corrected chi connectivity index (χ2v) is 5.01. The van der Waals surface area contributed by atoms with Crippen molar-refractivity contribution >= 4 is 5.97 Å². The van der Waals surface area contributed by atoms with Crippen LogP contribution in [0.3, 0.4) is 0 Å². The normalized spacial score (nSPS) is 18.4. The summed E-state index contributed by atoms with van der Waals surface area (Å²) in [6, 6.07) is 7.69. The molecule has 1 aliphatic heterocycles. The first-order chi connectivity index (χ1) is 9.69. The van der Waals surface area contributed by atoms with E-state index in [1.807, 2.05) is 29.2 Å². The summed E-state index contributed by atoms with van der Waals surface area (Å²) in [5.41, 5.74) is 0.995. The fraction of sp³-hybridized carbons (Fsp3) is 0.533. The Labute approximate surface area is 119 Å². The van der Waals surface area contributed by atoms with Gasteiger partial charge in [-0.1, -0.05) is 18.2 Å². The molecule has 0 radical (unpaired) electrons. The van der Waals surface area contributed by atoms with Crippen LogP contribution in [0.25, 0.3) is 0 Å². The second kappa shape index (κ2) is 7.26. The standard InChI is InChI=1S/C15H21NO4/c1-19-14-7-3-2-5-12(14)9-16(11-15(17)18)10-13-6-4-8-20-13/h2-3,5,7,13H,4,6,8-11H2,1H3,(H,17,18)/t13-/m1/s1. The minimum atomic E-state index is -0.821. The number of nitrogens with zero attached hydrogens (tertiary/aromatic N) is 1. The van der Waals surface area contributed by atoms with E-state index in [4.69, 9.17) is 14.6 Å². The molecular formula is C15H21NO4. The summed E-state index contributed by atoms with van der Waals surface area (Å²) in [6.45, 7) is 1.98. The van der Waals surface area contributed by atoms with Gasteiger partial charge in [0.2, 0.25) is 0 Å². The third kappa shape index (κ3) is 4.21. The molecule has 1 heterocycles. The molecule has 0 bridgehead atoms. The largest absolute Gasteiger partial charge is 0.496 e. The molecule has 5 nitrogen and oxygen atoms in total. The lowest BCUT2D eigenvalue weighted by Gasteiger charge is -2.24. The van der Waals surface area contributed by atoms with E-state index in [2.05, 4.69) is 0 Å². The molecule has 1 fully saturated rings. The lowest BCUT2D eigenvalue weighted by atomic mass is 10.1. The van der Waals surface area contributed by atoms with Gasteiger partial charge in [-0.25, -0.2) is 0 Å². The van der Waals surface area contributed by atoms with Crippen molar-refractivity contribution in [3.63, 3.8) is 0 Å². The fourth-order valence-electron chi connectivity index (χ4n) is 2.53. The number of carboxylic acid groups (broad SMARTS) is 1. The Morgan fingerprint density at radius 1 is 1.50 bits per heavy atom. The predicted molar refractivity (Wildman–Crippen MR) is 74.9 cm³/mol. The maximum Gasteiger partial charge on any atom is 0.317 e. The van der Waals surface area contributed by atoms with Crippen LogP contribution in [-0.2, 0) is 16.1 Å². The maximum atomic E-state index is 11.0. The molecule has 0 amide bonds. The number of aliphatic carboxylic acids is 1. The monoisotopic (exact) mass is 279 g/mol. The highest BCUT2D eigenvalue weighted by Crippen LogP contribution is 2.21. The Hall–Kier alpha value is -1.59. The van der Waals surface area contributed by atoms with Crippen LogP contribution in [0.4, 0.5) is 0 Å². The van der Waals surface area contributed by atoms with Gasteiger partial charge in [0.25, 0.3) is 0 Å². The van der Waals surface area contributed by atoms with Crippen LogP contribution in [0.1, 0.15) is 18.4 Å². The van der Waals surface area contributed by atoms with Crippen molar-refractivity contribution in [3.8, 4) is 5.75 Å². The minimum absolute atomic E-state index is 0.0118. The Morgan fingerprint density at radius 3 is 2.95 bits per heavy atom. The van der Waals surface area contributed by atoms with Crippen molar-refractivity contribution < 1.29 is 19.4 Å². The lowest BCUT2D eigenvalue weighted by Crippen LogP contribution is -2.35. The average Bonchev–Trinajstić information content (AvgIpc) is 2.91. The predicted octanol–water partition coefficient (Wildman–Crippen LogP) is 1.76. The fourth-order valence-corrected chi connectivity index (χ4v) is 2.53. The zero-order valence-corrected chi connectivity index (χ0v) is 11.7. The van der Waals surface area contributed by atoms with Crippen molar-refractivity contribution in [2.45, 2.75) is 25.5 Å². The molecular weight excluding hydrogens is 258 g/mol. The first kappa shape index (κ1) is 14.8. The molecule has 2 rings (SSSR count). The number of carboxylic acids is 1. The van der Waals surface area contributed by atoms with E-state index in [0.717, 1.165) is 30.8 Å². The molecule has 1 saturated heterocycles. The number of hydrogen-bond donors (Lipinski definition) is 1. The van der Waals surface area contributed by atoms with Crippen LogP contribution in [0.5, 0.6) is 5.75 Å². The smallest absolute Gasteiger partial charge is 0.317 e. The Balaban J connectivity index is 2.03. The highest BCUT2D eigenvalue weighted by atomic mass is 16.5. The van der Waals surface area contributed by atoms with E-state index < -0.39 is 5.97 Å².